The number of nitrogens with zero attached hydrogens (tertiary/aromatic N) is 2. The van der Waals surface area contributed by atoms with Crippen LogP contribution in [0.4, 0.5) is 0 Å². The number of hydrogen-bond donors (Lipinski definition) is 2. The van der Waals surface area contributed by atoms with Crippen LogP contribution in [0.15, 0.2) is 11.4 Å². The molecule has 1 rings (SSSR count). The van der Waals surface area contributed by atoms with Gasteiger partial charge in [0.25, 0.3) is 5.91 Å². The molecule has 0 bridgehead atoms. The van der Waals surface area contributed by atoms with Crippen LogP contribution in [0.5, 0.6) is 0 Å². The first-order valence-corrected chi connectivity index (χ1v) is 6.20. The average Bonchev–Trinajstić information content (AvgIpc) is 2.33. The molecule has 1 aromatic rings. The van der Waals surface area contributed by atoms with Crippen LogP contribution in [-0.4, -0.2) is 28.1 Å². The van der Waals surface area contributed by atoms with Gasteiger partial charge in [0.15, 0.2) is 0 Å². The number of aromatic amines is 1. The van der Waals surface area contributed by atoms with Crippen LogP contribution in [0.3, 0.4) is 0 Å². The van der Waals surface area contributed by atoms with Gasteiger partial charge in [0, 0.05) is 43.2 Å². The minimum atomic E-state index is -0.875. The molecule has 106 valence electrons. The normalized spacial score (nSPS) is 11.3. The Balaban J connectivity index is 2.21. The maximum atomic E-state index is 11.6. The van der Waals surface area contributed by atoms with E-state index >= 15 is 0 Å². The van der Waals surface area contributed by atoms with Crippen molar-refractivity contribution < 1.29 is 9.59 Å². The summed E-state index contributed by atoms with van der Waals surface area (Å²) in [5, 5.41) is 8.22. The number of carbonyl (C=O) groups is 2. The highest BCUT2D eigenvalue weighted by molar-refractivity contribution is 5.83. The van der Waals surface area contributed by atoms with Gasteiger partial charge < -0.3 is 10.4 Å². The smallest absolute Gasteiger partial charge is 0.291 e. The highest BCUT2D eigenvalue weighted by atomic mass is 16.3. The van der Waals surface area contributed by atoms with Gasteiger partial charge in [-0.1, -0.05) is 13.8 Å². The Morgan fingerprint density at radius 2 is 2.11 bits per heavy atom. The third-order valence-corrected chi connectivity index (χ3v) is 3.02. The lowest BCUT2D eigenvalue weighted by Gasteiger charge is -2.18. The molecule has 19 heavy (non-hydrogen) atoms. The Kier molecular flexibility index (Phi) is 5.02. The first-order chi connectivity index (χ1) is 8.85. The predicted molar refractivity (Wildman–Crippen MR) is 70.3 cm³/mol. The van der Waals surface area contributed by atoms with Crippen molar-refractivity contribution in [2.45, 2.75) is 33.1 Å². The van der Waals surface area contributed by atoms with Gasteiger partial charge in [-0.05, 0) is 6.42 Å². The van der Waals surface area contributed by atoms with E-state index in [9.17, 15) is 14.5 Å². The molecule has 2 amide bonds. The average molecular weight is 268 g/mol. The molecule has 0 aliphatic heterocycles. The first kappa shape index (κ1) is 15.1. The summed E-state index contributed by atoms with van der Waals surface area (Å²) in [4.78, 5) is 33.0. The van der Waals surface area contributed by atoms with Crippen molar-refractivity contribution in [3.8, 4) is 0 Å². The van der Waals surface area contributed by atoms with E-state index in [0.717, 1.165) is 12.1 Å². The summed E-state index contributed by atoms with van der Waals surface area (Å²) in [6, 6.07) is 0. The van der Waals surface area contributed by atoms with E-state index in [-0.39, 0.29) is 12.3 Å². The van der Waals surface area contributed by atoms with Crippen molar-refractivity contribution in [2.24, 2.45) is 17.6 Å². The quantitative estimate of drug-likeness (QED) is 0.725. The van der Waals surface area contributed by atoms with Crippen LogP contribution in [-0.2, 0) is 23.1 Å². The van der Waals surface area contributed by atoms with Gasteiger partial charge in [-0.2, -0.15) is 0 Å². The molecule has 0 spiro atoms. The van der Waals surface area contributed by atoms with E-state index in [2.05, 4.69) is 15.6 Å². The minimum Gasteiger partial charge on any atom is -0.356 e. The highest BCUT2D eigenvalue weighted by Gasteiger charge is 2.29. The summed E-state index contributed by atoms with van der Waals surface area (Å²) in [5.41, 5.74) is 0.198. The maximum absolute atomic E-state index is 11.6. The standard InChI is InChI=1S/C12H20N4O3/c1-12(2,11(18)15-19)6-4-10(17)13-7-5-9-8-16(3)14-9/h8,14H,4-7H2,1-3H3,(H,13,17). The summed E-state index contributed by atoms with van der Waals surface area (Å²) in [6.45, 7) is 3.78. The molecule has 7 nitrogen and oxygen atoms in total. The van der Waals surface area contributed by atoms with Crippen molar-refractivity contribution >= 4 is 11.8 Å². The van der Waals surface area contributed by atoms with E-state index in [1.54, 1.807) is 13.8 Å². The van der Waals surface area contributed by atoms with Crippen LogP contribution in [0.25, 0.3) is 0 Å². The Bertz CT molecular complexity index is 447. The molecule has 2 N–H and O–H groups in total. The number of amides is 2. The molecule has 0 unspecified atom stereocenters. The van der Waals surface area contributed by atoms with Crippen molar-refractivity contribution in [1.29, 1.82) is 0 Å². The fraction of sp³-hybridized carbons (Fsp3) is 0.667. The summed E-state index contributed by atoms with van der Waals surface area (Å²) >= 11 is 0. The van der Waals surface area contributed by atoms with Crippen LogP contribution >= 0.6 is 0 Å². The summed E-state index contributed by atoms with van der Waals surface area (Å²) < 4.78 is 1.83. The summed E-state index contributed by atoms with van der Waals surface area (Å²) in [5.74, 6) is -0.841. The molecule has 7 heteroatoms. The molecule has 0 atom stereocenters. The van der Waals surface area contributed by atoms with E-state index in [0.29, 0.717) is 13.0 Å². The van der Waals surface area contributed by atoms with Crippen molar-refractivity contribution in [1.82, 2.24) is 15.1 Å². The van der Waals surface area contributed by atoms with E-state index in [1.807, 2.05) is 17.9 Å². The van der Waals surface area contributed by atoms with Gasteiger partial charge in [-0.25, -0.2) is 0 Å². The first-order valence-electron chi connectivity index (χ1n) is 6.20. The zero-order valence-electron chi connectivity index (χ0n) is 11.5. The third kappa shape index (κ3) is 4.69. The Morgan fingerprint density at radius 1 is 1.47 bits per heavy atom. The van der Waals surface area contributed by atoms with E-state index < -0.39 is 11.3 Å². The fourth-order valence-corrected chi connectivity index (χ4v) is 1.66. The van der Waals surface area contributed by atoms with Crippen LogP contribution in [0.1, 0.15) is 32.4 Å². The largest absolute Gasteiger partial charge is 0.356 e. The second kappa shape index (κ2) is 6.31. The number of nitroso groups, excluding NO2 is 1. The Labute approximate surface area is 111 Å². The monoisotopic (exact) mass is 268 g/mol. The van der Waals surface area contributed by atoms with Crippen LogP contribution < -0.4 is 5.32 Å². The molecule has 1 heterocycles. The third-order valence-electron chi connectivity index (χ3n) is 3.02. The second-order valence-corrected chi connectivity index (χ2v) is 5.26. The van der Waals surface area contributed by atoms with E-state index in [4.69, 9.17) is 0 Å². The van der Waals surface area contributed by atoms with Gasteiger partial charge in [-0.15, -0.1) is 4.91 Å². The molecular weight excluding hydrogens is 248 g/mol. The minimum absolute atomic E-state index is 0.125. The van der Waals surface area contributed by atoms with Crippen molar-refractivity contribution in [2.75, 3.05) is 6.54 Å². The van der Waals surface area contributed by atoms with Gasteiger partial charge in [0.05, 0.1) is 5.69 Å². The van der Waals surface area contributed by atoms with Crippen LogP contribution in [0, 0.1) is 10.3 Å². The van der Waals surface area contributed by atoms with Gasteiger partial charge in [-0.3, -0.25) is 14.3 Å². The van der Waals surface area contributed by atoms with Crippen LogP contribution in [0.2, 0.25) is 0 Å². The highest BCUT2D eigenvalue weighted by Crippen LogP contribution is 2.23. The molecule has 0 aliphatic carbocycles. The predicted octanol–water partition coefficient (Wildman–Crippen LogP) is 1.11. The lowest BCUT2D eigenvalue weighted by atomic mass is 9.87. The van der Waals surface area contributed by atoms with Crippen molar-refractivity contribution in [3.05, 3.63) is 16.8 Å². The molecular formula is C12H20N4O3. The maximum Gasteiger partial charge on any atom is 0.291 e. The van der Waals surface area contributed by atoms with Gasteiger partial charge in [0.1, 0.15) is 0 Å². The number of aryl methyl sites for hydroxylation is 1. The summed E-state index contributed by atoms with van der Waals surface area (Å²) in [6.07, 6.45) is 3.21. The topological polar surface area (TPSA) is 96.3 Å². The zero-order chi connectivity index (χ0) is 14.5. The molecule has 0 aliphatic rings. The van der Waals surface area contributed by atoms with Gasteiger partial charge in [0.2, 0.25) is 5.91 Å². The number of nitrogens with one attached hydrogen (secondary N) is 2. The number of carbonyl (C=O) groups excluding carboxylic acids is 2. The lowest BCUT2D eigenvalue weighted by Crippen LogP contribution is -2.29. The number of hydrogen-bond acceptors (Lipinski definition) is 3. The summed E-state index contributed by atoms with van der Waals surface area (Å²) in [7, 11) is 1.89. The zero-order valence-corrected chi connectivity index (χ0v) is 11.5. The molecule has 1 aromatic heterocycles. The number of rotatable bonds is 7. The molecule has 0 saturated heterocycles. The van der Waals surface area contributed by atoms with E-state index in [1.165, 1.54) is 0 Å². The molecule has 0 aromatic carbocycles. The second-order valence-electron chi connectivity index (χ2n) is 5.26. The molecule has 0 saturated carbocycles. The molecule has 0 fully saturated rings. The number of aromatic nitrogens is 2. The Morgan fingerprint density at radius 3 is 2.63 bits per heavy atom. The van der Waals surface area contributed by atoms with Crippen molar-refractivity contribution in [3.63, 3.8) is 0 Å². The Hall–Kier alpha value is -1.92. The van der Waals surface area contributed by atoms with Gasteiger partial charge >= 0.3 is 0 Å². The SMILES string of the molecule is Cn1cc(CCNC(=O)CCC(C)(C)C(=O)N=O)[nH]1. The fourth-order valence-electron chi connectivity index (χ4n) is 1.66. The lowest BCUT2D eigenvalue weighted by molar-refractivity contribution is -0.127. The number of H-pyrrole nitrogens is 1. The molecule has 0 radical (unpaired) electrons.